The lowest BCUT2D eigenvalue weighted by Gasteiger charge is -2.32. The van der Waals surface area contributed by atoms with E-state index in [1.807, 2.05) is 24.9 Å². The molecule has 0 aromatic heterocycles. The number of rotatable bonds is 6. The Morgan fingerprint density at radius 2 is 1.89 bits per heavy atom. The second-order valence-corrected chi connectivity index (χ2v) is 7.00. The Balaban J connectivity index is 1.64. The number of nitrogens with zero attached hydrogens (tertiary/aromatic N) is 3. The van der Waals surface area contributed by atoms with Gasteiger partial charge in [-0.05, 0) is 49.9 Å². The van der Waals surface area contributed by atoms with Crippen LogP contribution < -0.4 is 10.2 Å². The van der Waals surface area contributed by atoms with Crippen molar-refractivity contribution in [2.24, 2.45) is 0 Å². The summed E-state index contributed by atoms with van der Waals surface area (Å²) in [5.74, 6) is -0.0731. The highest BCUT2D eigenvalue weighted by atomic mass is 16.5. The summed E-state index contributed by atoms with van der Waals surface area (Å²) in [7, 11) is 1.96. The van der Waals surface area contributed by atoms with Gasteiger partial charge in [0.1, 0.15) is 0 Å². The minimum absolute atomic E-state index is 0.0731. The second-order valence-electron chi connectivity index (χ2n) is 7.00. The first-order valence-electron chi connectivity index (χ1n) is 9.50. The van der Waals surface area contributed by atoms with Crippen molar-refractivity contribution in [1.29, 1.82) is 5.26 Å². The van der Waals surface area contributed by atoms with Gasteiger partial charge in [-0.15, -0.1) is 0 Å². The molecule has 28 heavy (non-hydrogen) atoms. The summed E-state index contributed by atoms with van der Waals surface area (Å²) in [6, 6.07) is 17.0. The van der Waals surface area contributed by atoms with Gasteiger partial charge in [-0.3, -0.25) is 9.69 Å². The smallest absolute Gasteiger partial charge is 0.241 e. The van der Waals surface area contributed by atoms with Gasteiger partial charge < -0.3 is 15.0 Å². The predicted molar refractivity (Wildman–Crippen MR) is 110 cm³/mol. The van der Waals surface area contributed by atoms with Crippen molar-refractivity contribution in [1.82, 2.24) is 4.90 Å². The molecular formula is C22H26N4O2. The van der Waals surface area contributed by atoms with Crippen LogP contribution in [0.3, 0.4) is 0 Å². The Hall–Kier alpha value is -2.88. The van der Waals surface area contributed by atoms with E-state index >= 15 is 0 Å². The third-order valence-corrected chi connectivity index (χ3v) is 5.09. The van der Waals surface area contributed by atoms with E-state index in [0.717, 1.165) is 26.3 Å². The first-order valence-corrected chi connectivity index (χ1v) is 9.50. The summed E-state index contributed by atoms with van der Waals surface area (Å²) < 4.78 is 5.46. The number of carbonyl (C=O) groups excluding carboxylic acids is 1. The number of nitrogens with one attached hydrogen (secondary N) is 1. The molecule has 6 nitrogen and oxygen atoms in total. The first-order chi connectivity index (χ1) is 13.6. The number of benzene rings is 2. The molecule has 1 fully saturated rings. The maximum absolute atomic E-state index is 12.6. The number of anilines is 2. The number of carbonyl (C=O) groups is 1. The number of morpholine rings is 1. The van der Waals surface area contributed by atoms with E-state index < -0.39 is 0 Å². The maximum atomic E-state index is 12.6. The lowest BCUT2D eigenvalue weighted by molar-refractivity contribution is -0.120. The van der Waals surface area contributed by atoms with E-state index in [1.165, 1.54) is 11.3 Å². The van der Waals surface area contributed by atoms with Gasteiger partial charge >= 0.3 is 0 Å². The van der Waals surface area contributed by atoms with Gasteiger partial charge in [0.25, 0.3) is 0 Å². The molecule has 146 valence electrons. The standard InChI is InChI=1S/C22H26N4O2/c1-17(22(27)24-20-9-7-18(15-23)8-10-20)25(2)16-19-5-3-4-6-21(19)26-11-13-28-14-12-26/h3-10,17H,11-14,16H2,1-2H3,(H,24,27)/t17-/m0/s1. The van der Waals surface area contributed by atoms with Crippen LogP contribution in [-0.4, -0.2) is 50.2 Å². The molecule has 3 rings (SSSR count). The van der Waals surface area contributed by atoms with E-state index in [2.05, 4.69) is 34.5 Å². The molecule has 1 N–H and O–H groups in total. The summed E-state index contributed by atoms with van der Waals surface area (Å²) in [4.78, 5) is 17.0. The van der Waals surface area contributed by atoms with Gasteiger partial charge in [0.15, 0.2) is 0 Å². The fraction of sp³-hybridized carbons (Fsp3) is 0.364. The quantitative estimate of drug-likeness (QED) is 0.837. The number of amides is 1. The van der Waals surface area contributed by atoms with Crippen LogP contribution in [0.2, 0.25) is 0 Å². The SMILES string of the molecule is C[C@@H](C(=O)Nc1ccc(C#N)cc1)N(C)Cc1ccccc1N1CCOCC1. The van der Waals surface area contributed by atoms with Gasteiger partial charge in [0.2, 0.25) is 5.91 Å². The van der Waals surface area contributed by atoms with Gasteiger partial charge in [-0.25, -0.2) is 0 Å². The molecule has 1 atom stereocenters. The number of nitriles is 1. The Labute approximate surface area is 166 Å². The minimum atomic E-state index is -0.298. The van der Waals surface area contributed by atoms with E-state index in [4.69, 9.17) is 10.00 Å². The normalized spacial score (nSPS) is 15.1. The fourth-order valence-electron chi connectivity index (χ4n) is 3.24. The number of likely N-dealkylation sites (N-methyl/N-ethyl adjacent to an activating group) is 1. The van der Waals surface area contributed by atoms with E-state index in [1.54, 1.807) is 24.3 Å². The van der Waals surface area contributed by atoms with Crippen LogP contribution in [0.25, 0.3) is 0 Å². The van der Waals surface area contributed by atoms with Crippen LogP contribution in [-0.2, 0) is 16.1 Å². The molecule has 1 aliphatic rings. The van der Waals surface area contributed by atoms with Crippen molar-refractivity contribution in [3.63, 3.8) is 0 Å². The van der Waals surface area contributed by atoms with Crippen molar-refractivity contribution < 1.29 is 9.53 Å². The maximum Gasteiger partial charge on any atom is 0.241 e. The van der Waals surface area contributed by atoms with Crippen molar-refractivity contribution in [3.8, 4) is 6.07 Å². The van der Waals surface area contributed by atoms with Crippen molar-refractivity contribution in [2.45, 2.75) is 19.5 Å². The molecule has 0 unspecified atom stereocenters. The summed E-state index contributed by atoms with van der Waals surface area (Å²) in [5, 5.41) is 11.8. The number of hydrogen-bond acceptors (Lipinski definition) is 5. The number of ether oxygens (including phenoxy) is 1. The molecule has 0 spiro atoms. The monoisotopic (exact) mass is 378 g/mol. The highest BCUT2D eigenvalue weighted by molar-refractivity contribution is 5.94. The lowest BCUT2D eigenvalue weighted by Crippen LogP contribution is -2.40. The molecule has 0 bridgehead atoms. The summed E-state index contributed by atoms with van der Waals surface area (Å²) >= 11 is 0. The number of hydrogen-bond donors (Lipinski definition) is 1. The second kappa shape index (κ2) is 9.36. The van der Waals surface area contributed by atoms with Crippen molar-refractivity contribution in [2.75, 3.05) is 43.6 Å². The van der Waals surface area contributed by atoms with E-state index in [-0.39, 0.29) is 11.9 Å². The van der Waals surface area contributed by atoms with Gasteiger partial charge in [0.05, 0.1) is 30.9 Å². The summed E-state index contributed by atoms with van der Waals surface area (Å²) in [5.41, 5.74) is 3.67. The third kappa shape index (κ3) is 4.89. The predicted octanol–water partition coefficient (Wildman–Crippen LogP) is 2.85. The molecule has 1 aliphatic heterocycles. The van der Waals surface area contributed by atoms with Gasteiger partial charge in [-0.1, -0.05) is 18.2 Å². The van der Waals surface area contributed by atoms with Crippen LogP contribution in [0.15, 0.2) is 48.5 Å². The zero-order valence-electron chi connectivity index (χ0n) is 16.4. The molecule has 0 saturated carbocycles. The van der Waals surface area contributed by atoms with Crippen molar-refractivity contribution in [3.05, 3.63) is 59.7 Å². The fourth-order valence-corrected chi connectivity index (χ4v) is 3.24. The number of para-hydroxylation sites is 1. The third-order valence-electron chi connectivity index (χ3n) is 5.09. The summed E-state index contributed by atoms with van der Waals surface area (Å²) in [6.07, 6.45) is 0. The first kappa shape index (κ1) is 19.9. The van der Waals surface area contributed by atoms with Crippen LogP contribution in [0.5, 0.6) is 0 Å². The van der Waals surface area contributed by atoms with Gasteiger partial charge in [0, 0.05) is 31.0 Å². The van der Waals surface area contributed by atoms with Crippen LogP contribution in [0, 0.1) is 11.3 Å². The van der Waals surface area contributed by atoms with E-state index in [9.17, 15) is 4.79 Å². The van der Waals surface area contributed by atoms with Crippen LogP contribution >= 0.6 is 0 Å². The van der Waals surface area contributed by atoms with E-state index in [0.29, 0.717) is 17.8 Å². The average Bonchev–Trinajstić information content (AvgIpc) is 2.74. The highest BCUT2D eigenvalue weighted by Crippen LogP contribution is 2.23. The van der Waals surface area contributed by atoms with Crippen LogP contribution in [0.1, 0.15) is 18.1 Å². The molecule has 2 aromatic carbocycles. The largest absolute Gasteiger partial charge is 0.378 e. The average molecular weight is 378 g/mol. The summed E-state index contributed by atoms with van der Waals surface area (Å²) in [6.45, 7) is 5.83. The highest BCUT2D eigenvalue weighted by Gasteiger charge is 2.21. The Bertz CT molecular complexity index is 838. The molecule has 2 aromatic rings. The molecular weight excluding hydrogens is 352 g/mol. The molecule has 1 amide bonds. The topological polar surface area (TPSA) is 68.6 Å². The molecule has 0 radical (unpaired) electrons. The zero-order chi connectivity index (χ0) is 19.9. The van der Waals surface area contributed by atoms with Gasteiger partial charge in [-0.2, -0.15) is 5.26 Å². The minimum Gasteiger partial charge on any atom is -0.378 e. The van der Waals surface area contributed by atoms with Crippen molar-refractivity contribution >= 4 is 17.3 Å². The molecule has 0 aliphatic carbocycles. The Morgan fingerprint density at radius 3 is 2.57 bits per heavy atom. The molecule has 1 heterocycles. The Kier molecular flexibility index (Phi) is 6.64. The van der Waals surface area contributed by atoms with Crippen LogP contribution in [0.4, 0.5) is 11.4 Å². The zero-order valence-corrected chi connectivity index (χ0v) is 16.4. The molecule has 6 heteroatoms. The Morgan fingerprint density at radius 1 is 1.21 bits per heavy atom. The molecule has 1 saturated heterocycles. The lowest BCUT2D eigenvalue weighted by atomic mass is 10.1.